The molecular weight excluding hydrogens is 141 g/mol. The van der Waals surface area contributed by atoms with Crippen LogP contribution in [0.3, 0.4) is 0 Å². The van der Waals surface area contributed by atoms with Crippen LogP contribution in [0.5, 0.6) is 0 Å². The molecule has 0 radical (unpaired) electrons. The summed E-state index contributed by atoms with van der Waals surface area (Å²) in [7, 11) is 0. The fourth-order valence-corrected chi connectivity index (χ4v) is 0.543. The van der Waals surface area contributed by atoms with E-state index < -0.39 is 6.17 Å². The summed E-state index contributed by atoms with van der Waals surface area (Å²) in [6.07, 6.45) is 1.88. The highest BCUT2D eigenvalue weighted by atomic mass is 35.5. The van der Waals surface area contributed by atoms with Crippen LogP contribution < -0.4 is 5.73 Å². The van der Waals surface area contributed by atoms with Crippen molar-refractivity contribution >= 4 is 12.4 Å². The zero-order valence-electron chi connectivity index (χ0n) is 5.77. The number of alkyl halides is 1. The molecular formula is C6H15ClFN. The third-order valence-corrected chi connectivity index (χ3v) is 1.13. The second-order valence-electron chi connectivity index (χ2n) is 1.98. The van der Waals surface area contributed by atoms with Gasteiger partial charge in [-0.25, -0.2) is 4.39 Å². The van der Waals surface area contributed by atoms with Crippen LogP contribution in [0.4, 0.5) is 4.39 Å². The molecule has 2 N–H and O–H groups in total. The Labute approximate surface area is 62.2 Å². The first-order chi connectivity index (χ1) is 3.81. The first-order valence-corrected chi connectivity index (χ1v) is 3.15. The highest BCUT2D eigenvalue weighted by Gasteiger charge is 1.99. The van der Waals surface area contributed by atoms with Crippen LogP contribution in [-0.4, -0.2) is 12.7 Å². The second-order valence-corrected chi connectivity index (χ2v) is 1.98. The van der Waals surface area contributed by atoms with E-state index in [1.54, 1.807) is 0 Å². The molecule has 0 aromatic carbocycles. The van der Waals surface area contributed by atoms with Crippen LogP contribution in [0.2, 0.25) is 0 Å². The monoisotopic (exact) mass is 155 g/mol. The number of unbranched alkanes of at least 4 members (excludes halogenated alkanes) is 1. The van der Waals surface area contributed by atoms with Crippen LogP contribution in [-0.2, 0) is 0 Å². The van der Waals surface area contributed by atoms with Crippen molar-refractivity contribution in [3.8, 4) is 0 Å². The van der Waals surface area contributed by atoms with Gasteiger partial charge in [-0.15, -0.1) is 12.4 Å². The molecule has 1 atom stereocenters. The van der Waals surface area contributed by atoms with Crippen LogP contribution >= 0.6 is 12.4 Å². The predicted octanol–water partition coefficient (Wildman–Crippen LogP) is 1.90. The van der Waals surface area contributed by atoms with E-state index in [1.807, 2.05) is 6.92 Å². The SMILES string of the molecule is CCCCC(F)CN.Cl. The van der Waals surface area contributed by atoms with Crippen molar-refractivity contribution in [2.24, 2.45) is 5.73 Å². The van der Waals surface area contributed by atoms with Crippen LogP contribution in [0.25, 0.3) is 0 Å². The quantitative estimate of drug-likeness (QED) is 0.660. The molecule has 58 valence electrons. The van der Waals surface area contributed by atoms with Crippen molar-refractivity contribution in [3.63, 3.8) is 0 Å². The lowest BCUT2D eigenvalue weighted by Gasteiger charge is -2.00. The standard InChI is InChI=1S/C6H14FN.ClH/c1-2-3-4-6(7)5-8;/h6H,2-5,8H2,1H3;1H. The fraction of sp³-hybridized carbons (Fsp3) is 1.00. The maximum absolute atomic E-state index is 12.2. The van der Waals surface area contributed by atoms with Crippen molar-refractivity contribution in [1.82, 2.24) is 0 Å². The van der Waals surface area contributed by atoms with Crippen LogP contribution in [0.1, 0.15) is 26.2 Å². The predicted molar refractivity (Wildman–Crippen MR) is 40.7 cm³/mol. The lowest BCUT2D eigenvalue weighted by atomic mass is 10.2. The molecule has 0 aromatic rings. The van der Waals surface area contributed by atoms with Crippen molar-refractivity contribution in [2.45, 2.75) is 32.4 Å². The Bertz CT molecular complexity index is 52.3. The minimum Gasteiger partial charge on any atom is -0.328 e. The molecule has 0 fully saturated rings. The Morgan fingerprint density at radius 1 is 1.56 bits per heavy atom. The maximum atomic E-state index is 12.2. The molecule has 1 unspecified atom stereocenters. The molecule has 0 aromatic heterocycles. The molecule has 1 nitrogen and oxygen atoms in total. The molecule has 0 heterocycles. The largest absolute Gasteiger partial charge is 0.328 e. The number of rotatable bonds is 4. The summed E-state index contributed by atoms with van der Waals surface area (Å²) < 4.78 is 12.2. The third kappa shape index (κ3) is 8.18. The molecule has 0 aliphatic rings. The number of hydrogen-bond acceptors (Lipinski definition) is 1. The van der Waals surface area contributed by atoms with E-state index >= 15 is 0 Å². The number of nitrogens with two attached hydrogens (primary N) is 1. The zero-order valence-corrected chi connectivity index (χ0v) is 6.59. The smallest absolute Gasteiger partial charge is 0.112 e. The highest BCUT2D eigenvalue weighted by molar-refractivity contribution is 5.85. The van der Waals surface area contributed by atoms with Crippen LogP contribution in [0, 0.1) is 0 Å². The van der Waals surface area contributed by atoms with Gasteiger partial charge in [0.2, 0.25) is 0 Å². The van der Waals surface area contributed by atoms with Gasteiger partial charge in [-0.05, 0) is 6.42 Å². The van der Waals surface area contributed by atoms with Gasteiger partial charge < -0.3 is 5.73 Å². The van der Waals surface area contributed by atoms with Gasteiger partial charge in [0.25, 0.3) is 0 Å². The molecule has 0 saturated carbocycles. The van der Waals surface area contributed by atoms with Crippen molar-refractivity contribution in [2.75, 3.05) is 6.54 Å². The highest BCUT2D eigenvalue weighted by Crippen LogP contribution is 2.01. The van der Waals surface area contributed by atoms with Gasteiger partial charge in [0, 0.05) is 6.54 Å². The van der Waals surface area contributed by atoms with Crippen molar-refractivity contribution in [1.29, 1.82) is 0 Å². The Morgan fingerprint density at radius 2 is 2.11 bits per heavy atom. The average molecular weight is 156 g/mol. The van der Waals surface area contributed by atoms with Gasteiger partial charge in [-0.3, -0.25) is 0 Å². The number of hydrogen-bond donors (Lipinski definition) is 1. The summed E-state index contributed by atoms with van der Waals surface area (Å²) in [5, 5.41) is 0. The summed E-state index contributed by atoms with van der Waals surface area (Å²) >= 11 is 0. The van der Waals surface area contributed by atoms with Gasteiger partial charge in [0.1, 0.15) is 6.17 Å². The third-order valence-electron chi connectivity index (χ3n) is 1.13. The molecule has 3 heteroatoms. The maximum Gasteiger partial charge on any atom is 0.112 e. The Balaban J connectivity index is 0. The first kappa shape index (κ1) is 11.9. The molecule has 0 bridgehead atoms. The van der Waals surface area contributed by atoms with E-state index in [4.69, 9.17) is 5.73 Å². The van der Waals surface area contributed by atoms with E-state index in [0.29, 0.717) is 6.42 Å². The van der Waals surface area contributed by atoms with E-state index in [0.717, 1.165) is 12.8 Å². The summed E-state index contributed by atoms with van der Waals surface area (Å²) in [6.45, 7) is 2.23. The molecule has 0 rings (SSSR count). The lowest BCUT2D eigenvalue weighted by Crippen LogP contribution is -2.14. The molecule has 0 aliphatic carbocycles. The molecule has 0 saturated heterocycles. The topological polar surface area (TPSA) is 26.0 Å². The summed E-state index contributed by atoms with van der Waals surface area (Å²) in [4.78, 5) is 0. The second kappa shape index (κ2) is 8.18. The average Bonchev–Trinajstić information content (AvgIpc) is 1.83. The van der Waals surface area contributed by atoms with Gasteiger partial charge in [-0.2, -0.15) is 0 Å². The lowest BCUT2D eigenvalue weighted by molar-refractivity contribution is 0.315. The van der Waals surface area contributed by atoms with Gasteiger partial charge in [0.15, 0.2) is 0 Å². The van der Waals surface area contributed by atoms with E-state index in [-0.39, 0.29) is 19.0 Å². The van der Waals surface area contributed by atoms with Crippen molar-refractivity contribution in [3.05, 3.63) is 0 Å². The zero-order chi connectivity index (χ0) is 6.41. The molecule has 0 aliphatic heterocycles. The van der Waals surface area contributed by atoms with Gasteiger partial charge in [-0.1, -0.05) is 19.8 Å². The molecule has 9 heavy (non-hydrogen) atoms. The minimum absolute atomic E-state index is 0. The first-order valence-electron chi connectivity index (χ1n) is 3.15. The van der Waals surface area contributed by atoms with Crippen LogP contribution in [0.15, 0.2) is 0 Å². The van der Waals surface area contributed by atoms with E-state index in [9.17, 15) is 4.39 Å². The summed E-state index contributed by atoms with van der Waals surface area (Å²) in [5.74, 6) is 0. The minimum atomic E-state index is -0.769. The Kier molecular flexibility index (Phi) is 10.8. The Morgan fingerprint density at radius 3 is 2.44 bits per heavy atom. The van der Waals surface area contributed by atoms with Gasteiger partial charge >= 0.3 is 0 Å². The van der Waals surface area contributed by atoms with E-state index in [1.165, 1.54) is 0 Å². The van der Waals surface area contributed by atoms with Gasteiger partial charge in [0.05, 0.1) is 0 Å². The summed E-state index contributed by atoms with van der Waals surface area (Å²) in [5.41, 5.74) is 5.04. The normalized spacial score (nSPS) is 12.3. The number of halogens is 2. The van der Waals surface area contributed by atoms with Crippen molar-refractivity contribution < 1.29 is 4.39 Å². The molecule has 0 amide bonds. The Hall–Kier alpha value is 0.180. The fourth-order valence-electron chi connectivity index (χ4n) is 0.543. The summed E-state index contributed by atoms with van der Waals surface area (Å²) in [6, 6.07) is 0. The van der Waals surface area contributed by atoms with E-state index in [2.05, 4.69) is 0 Å². The molecule has 0 spiro atoms.